The first-order valence-electron chi connectivity index (χ1n) is 8.85. The average molecular weight is 360 g/mol. The van der Waals surface area contributed by atoms with Gasteiger partial charge in [0.15, 0.2) is 5.78 Å². The molecule has 1 aliphatic heterocycles. The number of hydrogen-bond acceptors (Lipinski definition) is 6. The van der Waals surface area contributed by atoms with Gasteiger partial charge in [-0.1, -0.05) is 0 Å². The molecule has 0 saturated carbocycles. The van der Waals surface area contributed by atoms with E-state index in [0.717, 1.165) is 29.1 Å². The van der Waals surface area contributed by atoms with Gasteiger partial charge < -0.3 is 4.74 Å². The molecular weight excluding hydrogens is 340 g/mol. The molecule has 0 N–H and O–H groups in total. The maximum absolute atomic E-state index is 13.1. The van der Waals surface area contributed by atoms with E-state index < -0.39 is 0 Å². The van der Waals surface area contributed by atoms with Gasteiger partial charge in [0.05, 0.1) is 22.8 Å². The Morgan fingerprint density at radius 2 is 2.12 bits per heavy atom. The van der Waals surface area contributed by atoms with E-state index >= 15 is 0 Å². The Hall–Kier alpha value is -2.02. The Balaban J connectivity index is 1.76. The third kappa shape index (κ3) is 2.70. The van der Waals surface area contributed by atoms with E-state index in [2.05, 4.69) is 0 Å². The van der Waals surface area contributed by atoms with Crippen LogP contribution in [0.25, 0.3) is 10.2 Å². The molecule has 25 heavy (non-hydrogen) atoms. The summed E-state index contributed by atoms with van der Waals surface area (Å²) >= 11 is 1.35. The highest BCUT2D eigenvalue weighted by atomic mass is 32.1. The summed E-state index contributed by atoms with van der Waals surface area (Å²) in [5.74, 6) is 0.476. The zero-order valence-corrected chi connectivity index (χ0v) is 15.0. The van der Waals surface area contributed by atoms with Gasteiger partial charge in [-0.05, 0) is 38.2 Å². The molecule has 4 rings (SSSR count). The number of fused-ring (bicyclic) bond motifs is 4. The summed E-state index contributed by atoms with van der Waals surface area (Å²) in [5.41, 5.74) is 0.826. The van der Waals surface area contributed by atoms with Gasteiger partial charge in [-0.25, -0.2) is 4.98 Å². The molecule has 0 fully saturated rings. The molecular formula is C18H20N2O4S. The lowest BCUT2D eigenvalue weighted by molar-refractivity contribution is -0.148. The summed E-state index contributed by atoms with van der Waals surface area (Å²) in [4.78, 5) is 43.3. The van der Waals surface area contributed by atoms with Crippen LogP contribution in [0.15, 0.2) is 4.79 Å². The van der Waals surface area contributed by atoms with Crippen molar-refractivity contribution >= 4 is 33.3 Å². The van der Waals surface area contributed by atoms with Gasteiger partial charge in [0.2, 0.25) is 0 Å². The van der Waals surface area contributed by atoms with Crippen LogP contribution in [-0.4, -0.2) is 27.9 Å². The lowest BCUT2D eigenvalue weighted by atomic mass is 9.96. The van der Waals surface area contributed by atoms with Crippen LogP contribution in [-0.2, 0) is 28.9 Å². The number of ether oxygens (including phenoxy) is 1. The maximum Gasteiger partial charge on any atom is 0.308 e. The molecule has 2 aromatic heterocycles. The molecule has 2 aromatic rings. The highest BCUT2D eigenvalue weighted by Gasteiger charge is 2.29. The Morgan fingerprint density at radius 3 is 2.92 bits per heavy atom. The fourth-order valence-electron chi connectivity index (χ4n) is 3.83. The van der Waals surface area contributed by atoms with Gasteiger partial charge in [0.1, 0.15) is 10.7 Å². The fraction of sp³-hybridized carbons (Fsp3) is 0.556. The number of aromatic nitrogens is 2. The van der Waals surface area contributed by atoms with Crippen molar-refractivity contribution in [2.45, 2.75) is 52.0 Å². The van der Waals surface area contributed by atoms with E-state index in [0.29, 0.717) is 49.1 Å². The normalized spacial score (nSPS) is 20.0. The molecule has 0 radical (unpaired) electrons. The van der Waals surface area contributed by atoms with Crippen molar-refractivity contribution in [3.63, 3.8) is 0 Å². The number of Topliss-reactive ketones (excluding diaryl/α,β-unsaturated/α-hetero) is 1. The largest absolute Gasteiger partial charge is 0.466 e. The average Bonchev–Trinajstić information content (AvgIpc) is 2.83. The van der Waals surface area contributed by atoms with Crippen LogP contribution < -0.4 is 5.56 Å². The van der Waals surface area contributed by atoms with E-state index in [9.17, 15) is 14.4 Å². The van der Waals surface area contributed by atoms with Crippen molar-refractivity contribution in [1.29, 1.82) is 0 Å². The smallest absolute Gasteiger partial charge is 0.308 e. The highest BCUT2D eigenvalue weighted by molar-refractivity contribution is 7.20. The van der Waals surface area contributed by atoms with Crippen molar-refractivity contribution in [1.82, 2.24) is 9.55 Å². The number of carbonyl (C=O) groups is 2. The summed E-state index contributed by atoms with van der Waals surface area (Å²) in [7, 11) is 0. The third-order valence-electron chi connectivity index (χ3n) is 5.11. The molecule has 1 unspecified atom stereocenters. The third-order valence-corrected chi connectivity index (χ3v) is 6.28. The number of aryl methyl sites for hydroxylation is 2. The summed E-state index contributed by atoms with van der Waals surface area (Å²) in [5, 5.41) is 0.617. The monoisotopic (exact) mass is 360 g/mol. The molecule has 0 amide bonds. The van der Waals surface area contributed by atoms with Crippen LogP contribution in [0.2, 0.25) is 0 Å². The quantitative estimate of drug-likeness (QED) is 0.769. The Morgan fingerprint density at radius 1 is 1.28 bits per heavy atom. The Labute approximate surface area is 148 Å². The summed E-state index contributed by atoms with van der Waals surface area (Å²) in [6, 6.07) is 0. The van der Waals surface area contributed by atoms with Crippen LogP contribution in [0.4, 0.5) is 0 Å². The van der Waals surface area contributed by atoms with Crippen LogP contribution in [0.5, 0.6) is 0 Å². The van der Waals surface area contributed by atoms with E-state index in [1.54, 1.807) is 11.5 Å². The number of nitrogens with zero attached hydrogens (tertiary/aromatic N) is 2. The van der Waals surface area contributed by atoms with Gasteiger partial charge in [0, 0.05) is 19.4 Å². The SMILES string of the molecule is CCOC(=O)C1CCc2nc3sc4c(c3c(=O)n2CC1)CCCC4=O. The zero-order valence-electron chi connectivity index (χ0n) is 14.2. The molecule has 1 atom stereocenters. The molecule has 0 aromatic carbocycles. The Bertz CT molecular complexity index is 927. The van der Waals surface area contributed by atoms with Gasteiger partial charge >= 0.3 is 5.97 Å². The minimum absolute atomic E-state index is 0.0586. The number of thiophene rings is 1. The second kappa shape index (κ2) is 6.37. The van der Waals surface area contributed by atoms with Gasteiger partial charge in [-0.15, -0.1) is 11.3 Å². The molecule has 0 spiro atoms. The molecule has 0 saturated heterocycles. The fourth-order valence-corrected chi connectivity index (χ4v) is 5.03. The molecule has 7 heteroatoms. The van der Waals surface area contributed by atoms with E-state index in [1.807, 2.05) is 0 Å². The predicted molar refractivity (Wildman–Crippen MR) is 94.2 cm³/mol. The topological polar surface area (TPSA) is 78.3 Å². The van der Waals surface area contributed by atoms with Crippen molar-refractivity contribution in [3.05, 3.63) is 26.6 Å². The maximum atomic E-state index is 13.1. The first-order chi connectivity index (χ1) is 12.1. The Kier molecular flexibility index (Phi) is 4.19. The second-order valence-electron chi connectivity index (χ2n) is 6.63. The minimum atomic E-state index is -0.187. The molecule has 3 heterocycles. The summed E-state index contributed by atoms with van der Waals surface area (Å²) in [6.45, 7) is 2.64. The number of rotatable bonds is 2. The van der Waals surface area contributed by atoms with Crippen LogP contribution in [0, 0.1) is 5.92 Å². The minimum Gasteiger partial charge on any atom is -0.466 e. The van der Waals surface area contributed by atoms with Crippen LogP contribution in [0.1, 0.15) is 53.7 Å². The van der Waals surface area contributed by atoms with Crippen molar-refractivity contribution < 1.29 is 14.3 Å². The summed E-state index contributed by atoms with van der Waals surface area (Å²) < 4.78 is 6.83. The summed E-state index contributed by atoms with van der Waals surface area (Å²) in [6.07, 6.45) is 3.92. The second-order valence-corrected chi connectivity index (χ2v) is 7.63. The zero-order chi connectivity index (χ0) is 17.6. The molecule has 1 aliphatic carbocycles. The lowest BCUT2D eigenvalue weighted by Crippen LogP contribution is -2.25. The van der Waals surface area contributed by atoms with Gasteiger partial charge in [0.25, 0.3) is 5.56 Å². The molecule has 0 bridgehead atoms. The van der Waals surface area contributed by atoms with E-state index in [-0.39, 0.29) is 23.2 Å². The van der Waals surface area contributed by atoms with E-state index in [4.69, 9.17) is 9.72 Å². The van der Waals surface area contributed by atoms with Crippen LogP contribution in [0.3, 0.4) is 0 Å². The number of carbonyl (C=O) groups excluding carboxylic acids is 2. The first kappa shape index (κ1) is 16.4. The molecule has 132 valence electrons. The number of ketones is 1. The number of esters is 1. The predicted octanol–water partition coefficient (Wildman–Crippen LogP) is 2.49. The molecule has 2 aliphatic rings. The molecule has 6 nitrogen and oxygen atoms in total. The first-order valence-corrected chi connectivity index (χ1v) is 9.66. The highest BCUT2D eigenvalue weighted by Crippen LogP contribution is 2.34. The van der Waals surface area contributed by atoms with Crippen molar-refractivity contribution in [2.75, 3.05) is 6.61 Å². The van der Waals surface area contributed by atoms with Gasteiger partial charge in [-0.3, -0.25) is 19.0 Å². The van der Waals surface area contributed by atoms with E-state index in [1.165, 1.54) is 11.3 Å². The lowest BCUT2D eigenvalue weighted by Gasteiger charge is -2.12. The van der Waals surface area contributed by atoms with Crippen molar-refractivity contribution in [2.24, 2.45) is 5.92 Å². The number of hydrogen-bond donors (Lipinski definition) is 0. The van der Waals surface area contributed by atoms with Crippen molar-refractivity contribution in [3.8, 4) is 0 Å². The standard InChI is InChI=1S/C18H20N2O4S/c1-2-24-18(23)10-6-7-13-19-16-14(17(22)20(13)9-8-10)11-4-3-5-12(21)15(11)25-16/h10H,2-9H2,1H3. The van der Waals surface area contributed by atoms with Gasteiger partial charge in [-0.2, -0.15) is 0 Å². The van der Waals surface area contributed by atoms with Crippen LogP contribution >= 0.6 is 11.3 Å².